The first-order chi connectivity index (χ1) is 6.11. The van der Waals surface area contributed by atoms with Gasteiger partial charge in [0.15, 0.2) is 0 Å². The van der Waals surface area contributed by atoms with Crippen molar-refractivity contribution >= 4 is 11.9 Å². The van der Waals surface area contributed by atoms with Gasteiger partial charge in [-0.25, -0.2) is 4.79 Å². The molecular weight excluding hydrogens is 170 g/mol. The molecule has 4 heteroatoms. The van der Waals surface area contributed by atoms with Crippen LogP contribution in [0.25, 0.3) is 0 Å². The molecule has 1 unspecified atom stereocenters. The minimum atomic E-state index is -0.949. The van der Waals surface area contributed by atoms with Crippen LogP contribution in [0, 0.1) is 0 Å². The van der Waals surface area contributed by atoms with E-state index in [4.69, 9.17) is 5.11 Å². The molecule has 1 amide bonds. The third-order valence-corrected chi connectivity index (χ3v) is 1.80. The maximum Gasteiger partial charge on any atom is 0.326 e. The SMILES string of the molecule is CCCCC(NC(=O)CC)C(=O)O. The van der Waals surface area contributed by atoms with Gasteiger partial charge in [0.05, 0.1) is 0 Å². The van der Waals surface area contributed by atoms with E-state index in [2.05, 4.69) is 5.32 Å². The largest absolute Gasteiger partial charge is 0.480 e. The number of hydrogen-bond acceptors (Lipinski definition) is 2. The van der Waals surface area contributed by atoms with Gasteiger partial charge in [0.2, 0.25) is 5.91 Å². The summed E-state index contributed by atoms with van der Waals surface area (Å²) < 4.78 is 0. The zero-order valence-corrected chi connectivity index (χ0v) is 8.17. The minimum Gasteiger partial charge on any atom is -0.480 e. The fourth-order valence-corrected chi connectivity index (χ4v) is 0.962. The van der Waals surface area contributed by atoms with Crippen LogP contribution in [-0.2, 0) is 9.59 Å². The summed E-state index contributed by atoms with van der Waals surface area (Å²) in [6.45, 7) is 3.69. The molecule has 0 fully saturated rings. The predicted octanol–water partition coefficient (Wildman–Crippen LogP) is 1.16. The Morgan fingerprint density at radius 1 is 1.38 bits per heavy atom. The molecule has 0 heterocycles. The second kappa shape index (κ2) is 6.46. The van der Waals surface area contributed by atoms with Gasteiger partial charge in [-0.3, -0.25) is 4.79 Å². The number of carboxylic acids is 1. The van der Waals surface area contributed by atoms with Crippen molar-refractivity contribution in [3.8, 4) is 0 Å². The van der Waals surface area contributed by atoms with Crippen LogP contribution in [0.1, 0.15) is 39.5 Å². The second-order valence-corrected chi connectivity index (χ2v) is 2.95. The van der Waals surface area contributed by atoms with Crippen LogP contribution in [0.3, 0.4) is 0 Å². The van der Waals surface area contributed by atoms with Crippen LogP contribution in [0.4, 0.5) is 0 Å². The Kier molecular flexibility index (Phi) is 5.93. The van der Waals surface area contributed by atoms with E-state index in [1.807, 2.05) is 6.92 Å². The van der Waals surface area contributed by atoms with Crippen molar-refractivity contribution in [1.82, 2.24) is 5.32 Å². The van der Waals surface area contributed by atoms with Crippen molar-refractivity contribution < 1.29 is 14.7 Å². The fraction of sp³-hybridized carbons (Fsp3) is 0.778. The van der Waals surface area contributed by atoms with Gasteiger partial charge in [0, 0.05) is 6.42 Å². The molecule has 13 heavy (non-hydrogen) atoms. The average Bonchev–Trinajstić information content (AvgIpc) is 2.11. The molecule has 0 aromatic rings. The van der Waals surface area contributed by atoms with Crippen molar-refractivity contribution in [3.05, 3.63) is 0 Å². The van der Waals surface area contributed by atoms with Gasteiger partial charge in [-0.1, -0.05) is 26.7 Å². The Morgan fingerprint density at radius 2 is 2.00 bits per heavy atom. The van der Waals surface area contributed by atoms with Gasteiger partial charge in [-0.2, -0.15) is 0 Å². The Balaban J connectivity index is 3.94. The Bertz CT molecular complexity index is 180. The van der Waals surface area contributed by atoms with Crippen molar-refractivity contribution in [2.75, 3.05) is 0 Å². The van der Waals surface area contributed by atoms with Crippen LogP contribution in [0.5, 0.6) is 0 Å². The summed E-state index contributed by atoms with van der Waals surface area (Å²) in [6.07, 6.45) is 2.60. The highest BCUT2D eigenvalue weighted by Gasteiger charge is 2.17. The molecule has 0 aliphatic rings. The Labute approximate surface area is 78.3 Å². The van der Waals surface area contributed by atoms with E-state index in [0.717, 1.165) is 12.8 Å². The first-order valence-electron chi connectivity index (χ1n) is 4.64. The van der Waals surface area contributed by atoms with E-state index in [1.165, 1.54) is 0 Å². The van der Waals surface area contributed by atoms with Crippen molar-refractivity contribution in [2.45, 2.75) is 45.6 Å². The van der Waals surface area contributed by atoms with E-state index in [0.29, 0.717) is 12.8 Å². The molecule has 0 spiro atoms. The van der Waals surface area contributed by atoms with Gasteiger partial charge in [-0.15, -0.1) is 0 Å². The highest BCUT2D eigenvalue weighted by atomic mass is 16.4. The smallest absolute Gasteiger partial charge is 0.326 e. The molecule has 0 rings (SSSR count). The number of nitrogens with one attached hydrogen (secondary N) is 1. The quantitative estimate of drug-likeness (QED) is 0.655. The van der Waals surface area contributed by atoms with Crippen LogP contribution >= 0.6 is 0 Å². The maximum absolute atomic E-state index is 10.9. The zero-order chi connectivity index (χ0) is 10.3. The number of unbranched alkanes of at least 4 members (excludes halogenated alkanes) is 1. The number of carboxylic acid groups (broad SMARTS) is 1. The van der Waals surface area contributed by atoms with Crippen molar-refractivity contribution in [2.24, 2.45) is 0 Å². The van der Waals surface area contributed by atoms with Gasteiger partial charge in [0.25, 0.3) is 0 Å². The fourth-order valence-electron chi connectivity index (χ4n) is 0.962. The lowest BCUT2D eigenvalue weighted by molar-refractivity contribution is -0.142. The lowest BCUT2D eigenvalue weighted by Crippen LogP contribution is -2.40. The highest BCUT2D eigenvalue weighted by molar-refractivity contribution is 5.83. The zero-order valence-electron chi connectivity index (χ0n) is 8.17. The number of aliphatic carboxylic acids is 1. The van der Waals surface area contributed by atoms with E-state index < -0.39 is 12.0 Å². The van der Waals surface area contributed by atoms with E-state index in [1.54, 1.807) is 6.92 Å². The van der Waals surface area contributed by atoms with Crippen LogP contribution < -0.4 is 5.32 Å². The molecule has 0 aliphatic carbocycles. The predicted molar refractivity (Wildman–Crippen MR) is 49.4 cm³/mol. The second-order valence-electron chi connectivity index (χ2n) is 2.95. The molecule has 76 valence electrons. The third-order valence-electron chi connectivity index (χ3n) is 1.80. The number of carbonyl (C=O) groups is 2. The number of hydrogen-bond donors (Lipinski definition) is 2. The average molecular weight is 187 g/mol. The first kappa shape index (κ1) is 11.9. The lowest BCUT2D eigenvalue weighted by atomic mass is 10.1. The van der Waals surface area contributed by atoms with Crippen LogP contribution in [0.15, 0.2) is 0 Å². The molecule has 0 bridgehead atoms. The normalized spacial score (nSPS) is 12.2. The molecule has 0 aromatic carbocycles. The van der Waals surface area contributed by atoms with Crippen molar-refractivity contribution in [3.63, 3.8) is 0 Å². The lowest BCUT2D eigenvalue weighted by Gasteiger charge is -2.12. The van der Waals surface area contributed by atoms with Gasteiger partial charge in [0.1, 0.15) is 6.04 Å². The molecular formula is C9H17NO3. The summed E-state index contributed by atoms with van der Waals surface area (Å²) in [6, 6.07) is -0.715. The van der Waals surface area contributed by atoms with E-state index in [-0.39, 0.29) is 5.91 Å². The van der Waals surface area contributed by atoms with E-state index in [9.17, 15) is 9.59 Å². The molecule has 2 N–H and O–H groups in total. The highest BCUT2D eigenvalue weighted by Crippen LogP contribution is 2.01. The summed E-state index contributed by atoms with van der Waals surface area (Å²) in [5, 5.41) is 11.2. The van der Waals surface area contributed by atoms with E-state index >= 15 is 0 Å². The third kappa shape index (κ3) is 5.22. The Hall–Kier alpha value is -1.06. The first-order valence-corrected chi connectivity index (χ1v) is 4.64. The summed E-state index contributed by atoms with van der Waals surface area (Å²) in [5.41, 5.74) is 0. The summed E-state index contributed by atoms with van der Waals surface area (Å²) >= 11 is 0. The molecule has 4 nitrogen and oxygen atoms in total. The summed E-state index contributed by atoms with van der Waals surface area (Å²) in [5.74, 6) is -1.15. The van der Waals surface area contributed by atoms with Gasteiger partial charge < -0.3 is 10.4 Å². The molecule has 0 aromatic heterocycles. The molecule has 0 radical (unpaired) electrons. The maximum atomic E-state index is 10.9. The number of rotatable bonds is 6. The standard InChI is InChI=1S/C9H17NO3/c1-3-5-6-7(9(12)13)10-8(11)4-2/h7H,3-6H2,1-2H3,(H,10,11)(H,12,13). The minimum absolute atomic E-state index is 0.205. The molecule has 0 saturated heterocycles. The van der Waals surface area contributed by atoms with Gasteiger partial charge in [-0.05, 0) is 6.42 Å². The monoisotopic (exact) mass is 187 g/mol. The summed E-state index contributed by atoms with van der Waals surface area (Å²) in [4.78, 5) is 21.6. The molecule has 1 atom stereocenters. The molecule has 0 aliphatic heterocycles. The number of carbonyl (C=O) groups excluding carboxylic acids is 1. The Morgan fingerprint density at radius 3 is 2.38 bits per heavy atom. The number of amides is 1. The van der Waals surface area contributed by atoms with Gasteiger partial charge >= 0.3 is 5.97 Å². The summed E-state index contributed by atoms with van der Waals surface area (Å²) in [7, 11) is 0. The van der Waals surface area contributed by atoms with Crippen molar-refractivity contribution in [1.29, 1.82) is 0 Å². The topological polar surface area (TPSA) is 66.4 Å². The van der Waals surface area contributed by atoms with Crippen LogP contribution in [-0.4, -0.2) is 23.0 Å². The van der Waals surface area contributed by atoms with Crippen LogP contribution in [0.2, 0.25) is 0 Å². The molecule has 0 saturated carbocycles.